The maximum absolute atomic E-state index is 5.84. The molecule has 0 aliphatic carbocycles. The Labute approximate surface area is 95.6 Å². The zero-order chi connectivity index (χ0) is 10.8. The molecule has 1 aromatic rings. The molecule has 0 amide bonds. The van der Waals surface area contributed by atoms with Gasteiger partial charge in [-0.25, -0.2) is 0 Å². The fourth-order valence-corrected chi connectivity index (χ4v) is 2.61. The minimum atomic E-state index is 0.418. The lowest BCUT2D eigenvalue weighted by atomic mass is 10.1. The van der Waals surface area contributed by atoms with E-state index in [1.807, 2.05) is 12.1 Å². The second kappa shape index (κ2) is 4.57. The molecule has 2 saturated heterocycles. The normalized spacial score (nSPS) is 31.2. The molecule has 3 heterocycles. The molecule has 2 fully saturated rings. The summed E-state index contributed by atoms with van der Waals surface area (Å²) in [5.41, 5.74) is 0. The van der Waals surface area contributed by atoms with Crippen molar-refractivity contribution in [1.82, 2.24) is 10.2 Å². The van der Waals surface area contributed by atoms with Gasteiger partial charge in [0.1, 0.15) is 5.76 Å². The van der Waals surface area contributed by atoms with Gasteiger partial charge in [0.2, 0.25) is 0 Å². The summed E-state index contributed by atoms with van der Waals surface area (Å²) in [6.07, 6.45) is 2.16. The number of ether oxygens (including phenoxy) is 1. The van der Waals surface area contributed by atoms with Crippen LogP contribution in [0, 0.1) is 5.92 Å². The number of furan rings is 1. The van der Waals surface area contributed by atoms with Crippen LogP contribution in [-0.4, -0.2) is 43.8 Å². The highest BCUT2D eigenvalue weighted by Crippen LogP contribution is 2.19. The SMILES string of the molecule is c1coc(CN2CCO[C@@H]3CNC[C@@H]3C2)c1. The van der Waals surface area contributed by atoms with Crippen LogP contribution in [0.15, 0.2) is 22.8 Å². The minimum Gasteiger partial charge on any atom is -0.468 e. The van der Waals surface area contributed by atoms with Crippen LogP contribution >= 0.6 is 0 Å². The highest BCUT2D eigenvalue weighted by molar-refractivity contribution is 4.98. The molecule has 0 unspecified atom stereocenters. The maximum Gasteiger partial charge on any atom is 0.117 e. The van der Waals surface area contributed by atoms with E-state index in [4.69, 9.17) is 9.15 Å². The van der Waals surface area contributed by atoms with Crippen LogP contribution < -0.4 is 5.32 Å². The molecule has 0 bridgehead atoms. The average molecular weight is 222 g/mol. The Kier molecular flexibility index (Phi) is 2.95. The predicted molar refractivity (Wildman–Crippen MR) is 60.1 cm³/mol. The first-order valence-corrected chi connectivity index (χ1v) is 5.99. The monoisotopic (exact) mass is 222 g/mol. The molecule has 4 nitrogen and oxygen atoms in total. The molecule has 1 aromatic heterocycles. The Morgan fingerprint density at radius 1 is 1.44 bits per heavy atom. The summed E-state index contributed by atoms with van der Waals surface area (Å²) in [6.45, 7) is 5.95. The zero-order valence-electron chi connectivity index (χ0n) is 9.39. The van der Waals surface area contributed by atoms with Crippen LogP contribution in [0.1, 0.15) is 5.76 Å². The Morgan fingerprint density at radius 2 is 2.44 bits per heavy atom. The molecule has 16 heavy (non-hydrogen) atoms. The number of hydrogen-bond acceptors (Lipinski definition) is 4. The van der Waals surface area contributed by atoms with E-state index in [2.05, 4.69) is 10.2 Å². The summed E-state index contributed by atoms with van der Waals surface area (Å²) in [7, 11) is 0. The van der Waals surface area contributed by atoms with E-state index in [-0.39, 0.29) is 0 Å². The summed E-state index contributed by atoms with van der Waals surface area (Å²) >= 11 is 0. The first-order chi connectivity index (χ1) is 7.92. The summed E-state index contributed by atoms with van der Waals surface area (Å²) < 4.78 is 11.2. The van der Waals surface area contributed by atoms with Crippen LogP contribution in [0.25, 0.3) is 0 Å². The Balaban J connectivity index is 1.63. The van der Waals surface area contributed by atoms with Crippen molar-refractivity contribution in [3.63, 3.8) is 0 Å². The Hall–Kier alpha value is -0.840. The van der Waals surface area contributed by atoms with Crippen LogP contribution in [0.4, 0.5) is 0 Å². The van der Waals surface area contributed by atoms with Crippen molar-refractivity contribution in [2.45, 2.75) is 12.6 Å². The molecular formula is C12H18N2O2. The largest absolute Gasteiger partial charge is 0.468 e. The smallest absolute Gasteiger partial charge is 0.117 e. The molecule has 0 spiro atoms. The van der Waals surface area contributed by atoms with Crippen molar-refractivity contribution in [3.8, 4) is 0 Å². The van der Waals surface area contributed by atoms with Gasteiger partial charge in [0.05, 0.1) is 25.5 Å². The fraction of sp³-hybridized carbons (Fsp3) is 0.667. The average Bonchev–Trinajstić information content (AvgIpc) is 2.88. The molecule has 2 aliphatic heterocycles. The third kappa shape index (κ3) is 2.14. The van der Waals surface area contributed by atoms with Crippen molar-refractivity contribution in [3.05, 3.63) is 24.2 Å². The van der Waals surface area contributed by atoms with E-state index in [0.29, 0.717) is 12.0 Å². The Bertz CT molecular complexity index is 326. The van der Waals surface area contributed by atoms with Gasteiger partial charge in [-0.05, 0) is 12.1 Å². The fourth-order valence-electron chi connectivity index (χ4n) is 2.61. The molecule has 2 aliphatic rings. The lowest BCUT2D eigenvalue weighted by Gasteiger charge is -2.21. The predicted octanol–water partition coefficient (Wildman–Crippen LogP) is 0.700. The van der Waals surface area contributed by atoms with E-state index in [0.717, 1.165) is 45.1 Å². The molecule has 4 heteroatoms. The van der Waals surface area contributed by atoms with Gasteiger partial charge in [0.15, 0.2) is 0 Å². The Morgan fingerprint density at radius 3 is 3.31 bits per heavy atom. The second-order valence-corrected chi connectivity index (χ2v) is 4.64. The molecule has 0 aromatic carbocycles. The highest BCUT2D eigenvalue weighted by atomic mass is 16.5. The van der Waals surface area contributed by atoms with E-state index in [1.165, 1.54) is 0 Å². The van der Waals surface area contributed by atoms with Gasteiger partial charge in [0.25, 0.3) is 0 Å². The van der Waals surface area contributed by atoms with Gasteiger partial charge in [0, 0.05) is 32.1 Å². The number of rotatable bonds is 2. The van der Waals surface area contributed by atoms with Gasteiger partial charge in [-0.1, -0.05) is 0 Å². The van der Waals surface area contributed by atoms with Gasteiger partial charge in [-0.2, -0.15) is 0 Å². The van der Waals surface area contributed by atoms with Crippen molar-refractivity contribution in [2.24, 2.45) is 5.92 Å². The molecule has 2 atom stereocenters. The lowest BCUT2D eigenvalue weighted by molar-refractivity contribution is 0.0570. The minimum absolute atomic E-state index is 0.418. The maximum atomic E-state index is 5.84. The van der Waals surface area contributed by atoms with Crippen molar-refractivity contribution in [2.75, 3.05) is 32.8 Å². The molecule has 0 saturated carbocycles. The molecule has 0 radical (unpaired) electrons. The molecule has 3 rings (SSSR count). The van der Waals surface area contributed by atoms with Crippen LogP contribution in [0.2, 0.25) is 0 Å². The quantitative estimate of drug-likeness (QED) is 0.799. The summed E-state index contributed by atoms with van der Waals surface area (Å²) in [6, 6.07) is 3.99. The van der Waals surface area contributed by atoms with E-state index < -0.39 is 0 Å². The molecule has 1 N–H and O–H groups in total. The third-order valence-corrected chi connectivity index (χ3v) is 3.47. The van der Waals surface area contributed by atoms with E-state index in [1.54, 1.807) is 6.26 Å². The van der Waals surface area contributed by atoms with Crippen LogP contribution in [0.5, 0.6) is 0 Å². The van der Waals surface area contributed by atoms with Crippen LogP contribution in [-0.2, 0) is 11.3 Å². The highest BCUT2D eigenvalue weighted by Gasteiger charge is 2.31. The van der Waals surface area contributed by atoms with Gasteiger partial charge < -0.3 is 14.5 Å². The third-order valence-electron chi connectivity index (χ3n) is 3.47. The second-order valence-electron chi connectivity index (χ2n) is 4.64. The summed E-state index contributed by atoms with van der Waals surface area (Å²) in [5, 5.41) is 3.40. The van der Waals surface area contributed by atoms with E-state index >= 15 is 0 Å². The first-order valence-electron chi connectivity index (χ1n) is 5.99. The van der Waals surface area contributed by atoms with Gasteiger partial charge in [-0.15, -0.1) is 0 Å². The topological polar surface area (TPSA) is 37.6 Å². The standard InChI is InChI=1S/C12H18N2O2/c1-2-11(15-4-1)9-14-3-5-16-12-7-13-6-10(12)8-14/h1-2,4,10,12-13H,3,5-9H2/t10-,12-/m1/s1. The number of nitrogens with zero attached hydrogens (tertiary/aromatic N) is 1. The zero-order valence-corrected chi connectivity index (χ0v) is 9.39. The first kappa shape index (κ1) is 10.3. The van der Waals surface area contributed by atoms with Crippen molar-refractivity contribution >= 4 is 0 Å². The van der Waals surface area contributed by atoms with Crippen molar-refractivity contribution in [1.29, 1.82) is 0 Å². The molecule has 88 valence electrons. The number of fused-ring (bicyclic) bond motifs is 1. The van der Waals surface area contributed by atoms with E-state index in [9.17, 15) is 0 Å². The van der Waals surface area contributed by atoms with Gasteiger partial charge >= 0.3 is 0 Å². The molecular weight excluding hydrogens is 204 g/mol. The lowest BCUT2D eigenvalue weighted by Crippen LogP contribution is -2.31. The van der Waals surface area contributed by atoms with Crippen molar-refractivity contribution < 1.29 is 9.15 Å². The van der Waals surface area contributed by atoms with Crippen LogP contribution in [0.3, 0.4) is 0 Å². The summed E-state index contributed by atoms with van der Waals surface area (Å²) in [4.78, 5) is 2.43. The number of nitrogens with one attached hydrogen (secondary N) is 1. The number of hydrogen-bond donors (Lipinski definition) is 1. The summed E-state index contributed by atoms with van der Waals surface area (Å²) in [5.74, 6) is 1.68. The van der Waals surface area contributed by atoms with Gasteiger partial charge in [-0.3, -0.25) is 4.90 Å².